The van der Waals surface area contributed by atoms with Gasteiger partial charge in [0.15, 0.2) is 5.16 Å². The van der Waals surface area contributed by atoms with Crippen molar-refractivity contribution in [1.29, 1.82) is 0 Å². The molecule has 0 saturated heterocycles. The van der Waals surface area contributed by atoms with E-state index < -0.39 is 11.5 Å². The summed E-state index contributed by atoms with van der Waals surface area (Å²) >= 11 is 1.62. The highest BCUT2D eigenvalue weighted by atomic mass is 32.2. The van der Waals surface area contributed by atoms with E-state index in [1.165, 1.54) is 0 Å². The molecule has 1 aromatic rings. The predicted molar refractivity (Wildman–Crippen MR) is 80.0 cm³/mol. The number of aromatic nitrogens is 3. The summed E-state index contributed by atoms with van der Waals surface area (Å²) in [6.07, 6.45) is 2.03. The topological polar surface area (TPSA) is 80.0 Å². The number of hydrogen-bond acceptors (Lipinski definition) is 5. The van der Waals surface area contributed by atoms with Gasteiger partial charge in [0.25, 0.3) is 0 Å². The number of nitrogens with zero attached hydrogens (tertiary/aromatic N) is 3. The van der Waals surface area contributed by atoms with Crippen molar-refractivity contribution in [2.45, 2.75) is 50.7 Å². The maximum absolute atomic E-state index is 11.5. The number of rotatable bonds is 9. The maximum Gasteiger partial charge on any atom is 0.323 e. The number of carbonyl (C=O) groups is 1. The standard InChI is InChI=1S/C13H24N4O2S/c1-5-13(11(18)19,14-6-2)8-7-9-20-12-16-15-10(3)17(12)4/h14H,5-9H2,1-4H3,(H,18,19). The van der Waals surface area contributed by atoms with Gasteiger partial charge in [-0.3, -0.25) is 4.79 Å². The molecular weight excluding hydrogens is 276 g/mol. The van der Waals surface area contributed by atoms with Gasteiger partial charge in [0.05, 0.1) is 0 Å². The lowest BCUT2D eigenvalue weighted by molar-refractivity contribution is -0.145. The first-order valence-electron chi connectivity index (χ1n) is 6.94. The molecule has 0 bridgehead atoms. The van der Waals surface area contributed by atoms with Crippen molar-refractivity contribution in [1.82, 2.24) is 20.1 Å². The Labute approximate surface area is 124 Å². The second-order valence-electron chi connectivity index (χ2n) is 4.81. The van der Waals surface area contributed by atoms with Gasteiger partial charge in [-0.05, 0) is 32.7 Å². The van der Waals surface area contributed by atoms with Crippen molar-refractivity contribution >= 4 is 17.7 Å². The fraction of sp³-hybridized carbons (Fsp3) is 0.769. The number of aryl methyl sites for hydroxylation is 1. The van der Waals surface area contributed by atoms with Crippen LogP contribution in [0.3, 0.4) is 0 Å². The molecule has 114 valence electrons. The van der Waals surface area contributed by atoms with Crippen LogP contribution in [0.1, 0.15) is 38.9 Å². The zero-order chi connectivity index (χ0) is 15.2. The van der Waals surface area contributed by atoms with Crippen molar-refractivity contribution in [2.24, 2.45) is 7.05 Å². The summed E-state index contributed by atoms with van der Waals surface area (Å²) in [7, 11) is 1.93. The van der Waals surface area contributed by atoms with Crippen molar-refractivity contribution in [3.63, 3.8) is 0 Å². The van der Waals surface area contributed by atoms with Crippen molar-refractivity contribution in [3.05, 3.63) is 5.82 Å². The molecule has 0 amide bonds. The Kier molecular flexibility index (Phi) is 6.48. The summed E-state index contributed by atoms with van der Waals surface area (Å²) in [5.74, 6) is 0.960. The van der Waals surface area contributed by atoms with Gasteiger partial charge in [-0.15, -0.1) is 10.2 Å². The van der Waals surface area contributed by atoms with E-state index >= 15 is 0 Å². The van der Waals surface area contributed by atoms with Crippen LogP contribution in [0.2, 0.25) is 0 Å². The third kappa shape index (κ3) is 3.96. The molecule has 1 unspecified atom stereocenters. The molecule has 0 spiro atoms. The van der Waals surface area contributed by atoms with Crippen LogP contribution in [-0.2, 0) is 11.8 Å². The molecule has 1 aromatic heterocycles. The molecule has 20 heavy (non-hydrogen) atoms. The first kappa shape index (κ1) is 17.0. The molecule has 0 aliphatic heterocycles. The lowest BCUT2D eigenvalue weighted by Gasteiger charge is -2.29. The molecular formula is C13H24N4O2S. The van der Waals surface area contributed by atoms with Gasteiger partial charge in [0.1, 0.15) is 11.4 Å². The van der Waals surface area contributed by atoms with Crippen LogP contribution in [0, 0.1) is 6.92 Å². The van der Waals surface area contributed by atoms with E-state index in [0.29, 0.717) is 19.4 Å². The SMILES string of the molecule is CCNC(CC)(CCCSc1nnc(C)n1C)C(=O)O. The number of carboxylic acids is 1. The molecule has 1 heterocycles. The van der Waals surface area contributed by atoms with E-state index in [0.717, 1.165) is 23.2 Å². The van der Waals surface area contributed by atoms with Crippen molar-refractivity contribution in [3.8, 4) is 0 Å². The summed E-state index contributed by atoms with van der Waals surface area (Å²) in [4.78, 5) is 11.5. The fourth-order valence-corrected chi connectivity index (χ4v) is 3.01. The number of aliphatic carboxylic acids is 1. The van der Waals surface area contributed by atoms with Crippen molar-refractivity contribution in [2.75, 3.05) is 12.3 Å². The molecule has 7 heteroatoms. The van der Waals surface area contributed by atoms with Gasteiger partial charge in [-0.1, -0.05) is 25.6 Å². The number of thioether (sulfide) groups is 1. The molecule has 0 saturated carbocycles. The van der Waals surface area contributed by atoms with Crippen LogP contribution in [0.25, 0.3) is 0 Å². The molecule has 0 radical (unpaired) electrons. The van der Waals surface area contributed by atoms with Gasteiger partial charge < -0.3 is 15.0 Å². The minimum Gasteiger partial charge on any atom is -0.480 e. The van der Waals surface area contributed by atoms with Gasteiger partial charge >= 0.3 is 5.97 Å². The Hall–Kier alpha value is -1.08. The van der Waals surface area contributed by atoms with E-state index in [1.54, 1.807) is 11.8 Å². The monoisotopic (exact) mass is 300 g/mol. The minimum atomic E-state index is -0.800. The maximum atomic E-state index is 11.5. The second-order valence-corrected chi connectivity index (χ2v) is 5.87. The third-order valence-corrected chi connectivity index (χ3v) is 4.67. The minimum absolute atomic E-state index is 0.587. The average molecular weight is 300 g/mol. The largest absolute Gasteiger partial charge is 0.480 e. The first-order valence-corrected chi connectivity index (χ1v) is 7.92. The normalized spacial score (nSPS) is 14.2. The second kappa shape index (κ2) is 7.64. The Morgan fingerprint density at radius 2 is 2.15 bits per heavy atom. The predicted octanol–water partition coefficient (Wildman–Crippen LogP) is 1.84. The summed E-state index contributed by atoms with van der Waals surface area (Å²) in [6, 6.07) is 0. The molecule has 0 aliphatic carbocycles. The van der Waals surface area contributed by atoms with E-state index in [1.807, 2.05) is 32.4 Å². The number of hydrogen-bond donors (Lipinski definition) is 2. The molecule has 2 N–H and O–H groups in total. The van der Waals surface area contributed by atoms with Gasteiger partial charge in [-0.2, -0.15) is 0 Å². The number of likely N-dealkylation sites (N-methyl/N-ethyl adjacent to an activating group) is 1. The highest BCUT2D eigenvalue weighted by Gasteiger charge is 2.34. The third-order valence-electron chi connectivity index (χ3n) is 3.56. The summed E-state index contributed by atoms with van der Waals surface area (Å²) < 4.78 is 1.94. The Bertz CT molecular complexity index is 450. The average Bonchev–Trinajstić information content (AvgIpc) is 2.73. The smallest absolute Gasteiger partial charge is 0.323 e. The van der Waals surface area contributed by atoms with Gasteiger partial charge in [-0.25, -0.2) is 0 Å². The molecule has 1 atom stereocenters. The highest BCUT2D eigenvalue weighted by Crippen LogP contribution is 2.22. The lowest BCUT2D eigenvalue weighted by Crippen LogP contribution is -2.51. The zero-order valence-corrected chi connectivity index (χ0v) is 13.5. The van der Waals surface area contributed by atoms with Crippen LogP contribution in [-0.4, -0.2) is 43.7 Å². The van der Waals surface area contributed by atoms with Crippen LogP contribution < -0.4 is 5.32 Å². The van der Waals surface area contributed by atoms with E-state index in [2.05, 4.69) is 15.5 Å². The van der Waals surface area contributed by atoms with E-state index in [4.69, 9.17) is 0 Å². The Balaban J connectivity index is 2.49. The van der Waals surface area contributed by atoms with Gasteiger partial charge in [0, 0.05) is 12.8 Å². The van der Waals surface area contributed by atoms with Crippen LogP contribution in [0.4, 0.5) is 0 Å². The number of nitrogens with one attached hydrogen (secondary N) is 1. The Morgan fingerprint density at radius 3 is 2.60 bits per heavy atom. The molecule has 6 nitrogen and oxygen atoms in total. The summed E-state index contributed by atoms with van der Waals surface area (Å²) in [6.45, 7) is 6.42. The quantitative estimate of drug-likeness (QED) is 0.535. The van der Waals surface area contributed by atoms with Crippen LogP contribution >= 0.6 is 11.8 Å². The highest BCUT2D eigenvalue weighted by molar-refractivity contribution is 7.99. The molecule has 0 aliphatic rings. The molecule has 1 rings (SSSR count). The van der Waals surface area contributed by atoms with Gasteiger partial charge in [0.2, 0.25) is 0 Å². The molecule has 0 fully saturated rings. The zero-order valence-electron chi connectivity index (χ0n) is 12.6. The van der Waals surface area contributed by atoms with Crippen molar-refractivity contribution < 1.29 is 9.90 Å². The lowest BCUT2D eigenvalue weighted by atomic mass is 9.91. The Morgan fingerprint density at radius 1 is 1.45 bits per heavy atom. The van der Waals surface area contributed by atoms with Crippen LogP contribution in [0.5, 0.6) is 0 Å². The van der Waals surface area contributed by atoms with E-state index in [9.17, 15) is 9.90 Å². The first-order chi connectivity index (χ1) is 9.46. The number of carboxylic acid groups (broad SMARTS) is 1. The summed E-state index contributed by atoms with van der Waals surface area (Å²) in [5, 5.41) is 21.5. The van der Waals surface area contributed by atoms with E-state index in [-0.39, 0.29) is 0 Å². The van der Waals surface area contributed by atoms with Crippen LogP contribution in [0.15, 0.2) is 5.16 Å². The summed E-state index contributed by atoms with van der Waals surface area (Å²) in [5.41, 5.74) is -0.800. The molecule has 0 aromatic carbocycles. The fourth-order valence-electron chi connectivity index (χ4n) is 2.11.